The monoisotopic (exact) mass is 189 g/mol. The minimum absolute atomic E-state index is 0.413. The molecule has 1 fully saturated rings. The molecule has 1 heteroatoms. The predicted octanol–water partition coefficient (Wildman–Crippen LogP) is 2.72. The van der Waals surface area contributed by atoms with E-state index in [9.17, 15) is 0 Å². The lowest BCUT2D eigenvalue weighted by Gasteiger charge is -2.47. The van der Waals surface area contributed by atoms with Gasteiger partial charge in [0.15, 0.2) is 0 Å². The van der Waals surface area contributed by atoms with E-state index < -0.39 is 0 Å². The fourth-order valence-electron chi connectivity index (χ4n) is 2.58. The quantitative estimate of drug-likeness (QED) is 0.771. The Labute approximate surface area is 86.5 Å². The zero-order valence-corrected chi connectivity index (χ0v) is 9.09. The van der Waals surface area contributed by atoms with Gasteiger partial charge in [-0.1, -0.05) is 36.8 Å². The molecule has 0 spiro atoms. The van der Waals surface area contributed by atoms with E-state index in [-0.39, 0.29) is 0 Å². The Morgan fingerprint density at radius 3 is 2.29 bits per heavy atom. The maximum absolute atomic E-state index is 3.41. The van der Waals surface area contributed by atoms with Crippen LogP contribution in [0, 0.1) is 0 Å². The number of benzene rings is 1. The molecule has 0 saturated heterocycles. The number of nitrogens with one attached hydrogen (secondary N) is 1. The van der Waals surface area contributed by atoms with Crippen LogP contribution >= 0.6 is 0 Å². The third-order valence-corrected chi connectivity index (χ3v) is 3.86. The van der Waals surface area contributed by atoms with Gasteiger partial charge in [-0.2, -0.15) is 0 Å². The summed E-state index contributed by atoms with van der Waals surface area (Å²) in [5, 5.41) is 3.41. The van der Waals surface area contributed by atoms with Crippen LogP contribution in [-0.2, 0) is 5.41 Å². The van der Waals surface area contributed by atoms with Gasteiger partial charge in [-0.05, 0) is 32.4 Å². The molecule has 1 N–H and O–H groups in total. The van der Waals surface area contributed by atoms with Crippen LogP contribution in [0.4, 0.5) is 0 Å². The molecule has 1 aromatic carbocycles. The highest BCUT2D eigenvalue weighted by molar-refractivity contribution is 5.30. The van der Waals surface area contributed by atoms with Crippen LogP contribution in [0.1, 0.15) is 31.7 Å². The number of likely N-dealkylation sites (N-methyl/N-ethyl adjacent to an activating group) is 1. The Kier molecular flexibility index (Phi) is 2.60. The maximum atomic E-state index is 3.41. The van der Waals surface area contributed by atoms with Crippen molar-refractivity contribution in [3.63, 3.8) is 0 Å². The Morgan fingerprint density at radius 2 is 1.86 bits per heavy atom. The second kappa shape index (κ2) is 3.74. The van der Waals surface area contributed by atoms with Gasteiger partial charge in [-0.3, -0.25) is 0 Å². The van der Waals surface area contributed by atoms with Crippen LogP contribution in [-0.4, -0.2) is 13.1 Å². The van der Waals surface area contributed by atoms with Crippen LogP contribution in [0.15, 0.2) is 30.3 Å². The summed E-state index contributed by atoms with van der Waals surface area (Å²) < 4.78 is 0. The summed E-state index contributed by atoms with van der Waals surface area (Å²) in [6.07, 6.45) is 4.04. The first-order valence-corrected chi connectivity index (χ1v) is 5.52. The minimum Gasteiger partial charge on any atom is -0.316 e. The van der Waals surface area contributed by atoms with Gasteiger partial charge in [0.05, 0.1) is 0 Å². The van der Waals surface area contributed by atoms with E-state index in [1.54, 1.807) is 0 Å². The summed E-state index contributed by atoms with van der Waals surface area (Å²) >= 11 is 0. The first-order valence-electron chi connectivity index (χ1n) is 5.52. The Morgan fingerprint density at radius 1 is 1.21 bits per heavy atom. The minimum atomic E-state index is 0.413. The molecule has 1 unspecified atom stereocenters. The van der Waals surface area contributed by atoms with Crippen LogP contribution in [0.25, 0.3) is 0 Å². The average molecular weight is 189 g/mol. The fraction of sp³-hybridized carbons (Fsp3) is 0.538. The summed E-state index contributed by atoms with van der Waals surface area (Å²) in [5.41, 5.74) is 1.92. The second-order valence-corrected chi connectivity index (χ2v) is 4.39. The van der Waals surface area contributed by atoms with Crippen molar-refractivity contribution in [2.24, 2.45) is 0 Å². The summed E-state index contributed by atoms with van der Waals surface area (Å²) in [5.74, 6) is 0. The smallest absolute Gasteiger partial charge is 0.0133 e. The van der Waals surface area contributed by atoms with Gasteiger partial charge in [-0.25, -0.2) is 0 Å². The summed E-state index contributed by atoms with van der Waals surface area (Å²) in [7, 11) is 2.06. The topological polar surface area (TPSA) is 12.0 Å². The van der Waals surface area contributed by atoms with Crippen molar-refractivity contribution in [3.8, 4) is 0 Å². The molecule has 2 rings (SSSR count). The van der Waals surface area contributed by atoms with Crippen LogP contribution in [0.3, 0.4) is 0 Å². The first kappa shape index (κ1) is 9.72. The molecule has 0 heterocycles. The van der Waals surface area contributed by atoms with Crippen molar-refractivity contribution >= 4 is 0 Å². The van der Waals surface area contributed by atoms with E-state index in [0.717, 1.165) is 0 Å². The molecule has 1 aliphatic rings. The maximum Gasteiger partial charge on any atom is 0.0133 e. The van der Waals surface area contributed by atoms with E-state index >= 15 is 0 Å². The molecule has 1 aromatic rings. The van der Waals surface area contributed by atoms with Gasteiger partial charge in [0.1, 0.15) is 0 Å². The molecule has 1 saturated carbocycles. The van der Waals surface area contributed by atoms with Gasteiger partial charge in [0, 0.05) is 11.5 Å². The highest BCUT2D eigenvalue weighted by Crippen LogP contribution is 2.46. The van der Waals surface area contributed by atoms with E-state index in [0.29, 0.717) is 11.5 Å². The predicted molar refractivity (Wildman–Crippen MR) is 60.5 cm³/mol. The third kappa shape index (κ3) is 1.36. The second-order valence-electron chi connectivity index (χ2n) is 4.39. The molecule has 14 heavy (non-hydrogen) atoms. The number of hydrogen-bond acceptors (Lipinski definition) is 1. The van der Waals surface area contributed by atoms with Gasteiger partial charge >= 0.3 is 0 Å². The van der Waals surface area contributed by atoms with Gasteiger partial charge in [0.2, 0.25) is 0 Å². The summed E-state index contributed by atoms with van der Waals surface area (Å²) in [4.78, 5) is 0. The van der Waals surface area contributed by atoms with Crippen molar-refractivity contribution in [2.75, 3.05) is 7.05 Å². The van der Waals surface area contributed by atoms with Crippen molar-refractivity contribution in [1.29, 1.82) is 0 Å². The molecule has 1 nitrogen and oxygen atoms in total. The van der Waals surface area contributed by atoms with Gasteiger partial charge in [-0.15, -0.1) is 0 Å². The van der Waals surface area contributed by atoms with E-state index in [1.165, 1.54) is 24.8 Å². The van der Waals surface area contributed by atoms with Crippen molar-refractivity contribution in [2.45, 2.75) is 37.6 Å². The van der Waals surface area contributed by atoms with Crippen LogP contribution in [0.2, 0.25) is 0 Å². The fourth-order valence-corrected chi connectivity index (χ4v) is 2.58. The largest absolute Gasteiger partial charge is 0.316 e. The molecule has 0 bridgehead atoms. The molecule has 1 aliphatic carbocycles. The highest BCUT2D eigenvalue weighted by Gasteiger charge is 2.42. The van der Waals surface area contributed by atoms with E-state index in [1.807, 2.05) is 0 Å². The average Bonchev–Trinajstić information content (AvgIpc) is 2.17. The van der Waals surface area contributed by atoms with Crippen molar-refractivity contribution in [3.05, 3.63) is 35.9 Å². The highest BCUT2D eigenvalue weighted by atomic mass is 14.9. The molecule has 0 amide bonds. The zero-order valence-electron chi connectivity index (χ0n) is 9.09. The summed E-state index contributed by atoms with van der Waals surface area (Å²) in [6, 6.07) is 11.5. The molecule has 76 valence electrons. The summed E-state index contributed by atoms with van der Waals surface area (Å²) in [6.45, 7) is 2.30. The first-order chi connectivity index (χ1) is 6.79. The Bertz CT molecular complexity index is 287. The lowest BCUT2D eigenvalue weighted by atomic mass is 9.60. The lowest BCUT2D eigenvalue weighted by molar-refractivity contribution is 0.185. The number of rotatable bonds is 3. The molecular formula is C13H19N. The molecule has 0 aliphatic heterocycles. The van der Waals surface area contributed by atoms with E-state index in [2.05, 4.69) is 49.6 Å². The van der Waals surface area contributed by atoms with Crippen molar-refractivity contribution < 1.29 is 0 Å². The van der Waals surface area contributed by atoms with Gasteiger partial charge < -0.3 is 5.32 Å². The lowest BCUT2D eigenvalue weighted by Crippen LogP contribution is -2.50. The molecular weight excluding hydrogens is 170 g/mol. The SMILES string of the molecule is CNC(C)C1(c2ccccc2)CCC1. The van der Waals surface area contributed by atoms with E-state index in [4.69, 9.17) is 0 Å². The molecule has 1 atom stereocenters. The third-order valence-electron chi connectivity index (χ3n) is 3.86. The normalized spacial score (nSPS) is 21.3. The Balaban J connectivity index is 2.29. The number of hydrogen-bond donors (Lipinski definition) is 1. The van der Waals surface area contributed by atoms with Crippen molar-refractivity contribution in [1.82, 2.24) is 5.32 Å². The zero-order chi connectivity index (χ0) is 10.0. The van der Waals surface area contributed by atoms with Crippen LogP contribution < -0.4 is 5.32 Å². The van der Waals surface area contributed by atoms with Crippen LogP contribution in [0.5, 0.6) is 0 Å². The standard InChI is InChI=1S/C13H19N/c1-11(14-2)13(9-6-10-13)12-7-4-3-5-8-12/h3-5,7-8,11,14H,6,9-10H2,1-2H3. The molecule has 0 aromatic heterocycles. The Hall–Kier alpha value is -0.820. The molecule has 0 radical (unpaired) electrons. The van der Waals surface area contributed by atoms with Gasteiger partial charge in [0.25, 0.3) is 0 Å².